The molecule has 164 valence electrons. The number of fused-ring (bicyclic) bond motifs is 2. The van der Waals surface area contributed by atoms with Gasteiger partial charge in [0.15, 0.2) is 0 Å². The van der Waals surface area contributed by atoms with Gasteiger partial charge in [-0.2, -0.15) is 8.42 Å². The Hall–Kier alpha value is -2.62. The molecular formula is C22H16BrClFN3O3S. The molecule has 10 heteroatoms. The summed E-state index contributed by atoms with van der Waals surface area (Å²) < 4.78 is 45.1. The molecule has 32 heavy (non-hydrogen) atoms. The molecule has 0 aromatic heterocycles. The van der Waals surface area contributed by atoms with Crippen molar-refractivity contribution >= 4 is 55.0 Å². The standard InChI is InChI=1S/C22H16BrClFN3O3S/c23-13-9-16-20(21(26-22(16)29)15-11-14(25)5-6-17(15)24)18(10-13)27-32(30,31)28-8-7-12-3-1-2-4-19(12)28/h1-6,9-11,21,27H,7-8H2,(H,26,29). The molecule has 0 saturated heterocycles. The van der Waals surface area contributed by atoms with Crippen LogP contribution in [0.25, 0.3) is 0 Å². The van der Waals surface area contributed by atoms with Crippen LogP contribution >= 0.6 is 27.5 Å². The zero-order valence-electron chi connectivity index (χ0n) is 16.4. The first-order valence-electron chi connectivity index (χ1n) is 9.72. The summed E-state index contributed by atoms with van der Waals surface area (Å²) in [5.74, 6) is -0.918. The number of carbonyl (C=O) groups is 1. The van der Waals surface area contributed by atoms with Gasteiger partial charge in [-0.25, -0.2) is 4.39 Å². The van der Waals surface area contributed by atoms with Crippen molar-refractivity contribution in [2.24, 2.45) is 0 Å². The van der Waals surface area contributed by atoms with Crippen LogP contribution in [-0.2, 0) is 16.6 Å². The number of para-hydroxylation sites is 1. The van der Waals surface area contributed by atoms with Gasteiger partial charge in [0, 0.05) is 32.7 Å². The number of nitrogens with one attached hydrogen (secondary N) is 2. The Morgan fingerprint density at radius 2 is 1.94 bits per heavy atom. The van der Waals surface area contributed by atoms with Gasteiger partial charge < -0.3 is 5.32 Å². The predicted molar refractivity (Wildman–Crippen MR) is 125 cm³/mol. The molecule has 0 bridgehead atoms. The van der Waals surface area contributed by atoms with E-state index in [1.54, 1.807) is 24.3 Å². The fraction of sp³-hybridized carbons (Fsp3) is 0.136. The van der Waals surface area contributed by atoms with Crippen LogP contribution in [0.1, 0.15) is 33.1 Å². The third-order valence-electron chi connectivity index (χ3n) is 5.60. The van der Waals surface area contributed by atoms with Crippen LogP contribution in [0.2, 0.25) is 5.02 Å². The summed E-state index contributed by atoms with van der Waals surface area (Å²) in [6.45, 7) is 0.307. The van der Waals surface area contributed by atoms with Crippen LogP contribution in [0.5, 0.6) is 0 Å². The van der Waals surface area contributed by atoms with E-state index in [1.165, 1.54) is 22.5 Å². The Balaban J connectivity index is 1.60. The minimum Gasteiger partial charge on any atom is -0.341 e. The van der Waals surface area contributed by atoms with Crippen molar-refractivity contribution < 1.29 is 17.6 Å². The van der Waals surface area contributed by atoms with Gasteiger partial charge >= 0.3 is 10.2 Å². The summed E-state index contributed by atoms with van der Waals surface area (Å²) in [6, 6.07) is 13.5. The van der Waals surface area contributed by atoms with Crippen molar-refractivity contribution in [1.82, 2.24) is 5.32 Å². The smallest absolute Gasteiger partial charge is 0.323 e. The van der Waals surface area contributed by atoms with Gasteiger partial charge in [-0.3, -0.25) is 13.8 Å². The summed E-state index contributed by atoms with van der Waals surface area (Å²) in [6.07, 6.45) is 0.606. The number of nitrogens with zero attached hydrogens (tertiary/aromatic N) is 1. The third-order valence-corrected chi connectivity index (χ3v) is 7.84. The molecule has 0 saturated carbocycles. The van der Waals surface area contributed by atoms with E-state index >= 15 is 0 Å². The molecule has 2 aliphatic heterocycles. The van der Waals surface area contributed by atoms with Crippen LogP contribution in [-0.4, -0.2) is 20.9 Å². The van der Waals surface area contributed by atoms with Crippen LogP contribution in [0.4, 0.5) is 15.8 Å². The summed E-state index contributed by atoms with van der Waals surface area (Å²) in [4.78, 5) is 12.7. The van der Waals surface area contributed by atoms with Crippen molar-refractivity contribution in [3.8, 4) is 0 Å². The molecule has 1 unspecified atom stereocenters. The predicted octanol–water partition coefficient (Wildman–Crippen LogP) is 4.79. The molecule has 1 atom stereocenters. The van der Waals surface area contributed by atoms with E-state index in [4.69, 9.17) is 11.6 Å². The van der Waals surface area contributed by atoms with E-state index < -0.39 is 28.0 Å². The first kappa shape index (κ1) is 21.2. The highest BCUT2D eigenvalue weighted by Gasteiger charge is 2.36. The molecule has 2 N–H and O–H groups in total. The maximum atomic E-state index is 14.0. The van der Waals surface area contributed by atoms with Gasteiger partial charge in [-0.05, 0) is 48.4 Å². The summed E-state index contributed by atoms with van der Waals surface area (Å²) in [5.41, 5.74) is 2.78. The topological polar surface area (TPSA) is 78.5 Å². The van der Waals surface area contributed by atoms with Gasteiger partial charge in [0.2, 0.25) is 0 Å². The highest BCUT2D eigenvalue weighted by atomic mass is 79.9. The lowest BCUT2D eigenvalue weighted by molar-refractivity contribution is 0.0960. The summed E-state index contributed by atoms with van der Waals surface area (Å²) in [5, 5.41) is 3.04. The second kappa shape index (κ2) is 7.75. The molecule has 1 amide bonds. The summed E-state index contributed by atoms with van der Waals surface area (Å²) >= 11 is 9.64. The van der Waals surface area contributed by atoms with Crippen molar-refractivity contribution in [2.75, 3.05) is 15.6 Å². The molecule has 3 aromatic rings. The number of hydrogen-bond acceptors (Lipinski definition) is 3. The fourth-order valence-electron chi connectivity index (χ4n) is 4.20. The second-order valence-electron chi connectivity index (χ2n) is 7.54. The molecule has 0 aliphatic carbocycles. The molecule has 0 radical (unpaired) electrons. The van der Waals surface area contributed by atoms with Crippen molar-refractivity contribution in [3.63, 3.8) is 0 Å². The summed E-state index contributed by atoms with van der Waals surface area (Å²) in [7, 11) is -3.99. The Bertz CT molecular complexity index is 1380. The average molecular weight is 537 g/mol. The van der Waals surface area contributed by atoms with E-state index in [0.29, 0.717) is 34.3 Å². The first-order chi connectivity index (χ1) is 15.2. The largest absolute Gasteiger partial charge is 0.341 e. The highest BCUT2D eigenvalue weighted by Crippen LogP contribution is 2.41. The van der Waals surface area contributed by atoms with Gasteiger partial charge in [0.1, 0.15) is 5.82 Å². The maximum Gasteiger partial charge on any atom is 0.323 e. The number of carbonyl (C=O) groups excluding carboxylic acids is 1. The minimum atomic E-state index is -3.99. The lowest BCUT2D eigenvalue weighted by Crippen LogP contribution is -2.35. The van der Waals surface area contributed by atoms with E-state index in [9.17, 15) is 17.6 Å². The van der Waals surface area contributed by atoms with E-state index in [0.717, 1.165) is 5.56 Å². The van der Waals surface area contributed by atoms with E-state index in [-0.39, 0.29) is 16.3 Å². The number of halogens is 3. The quantitative estimate of drug-likeness (QED) is 0.503. The first-order valence-corrected chi connectivity index (χ1v) is 12.3. The molecule has 2 aliphatic rings. The lowest BCUT2D eigenvalue weighted by atomic mass is 9.96. The third kappa shape index (κ3) is 3.54. The maximum absolute atomic E-state index is 14.0. The molecule has 0 fully saturated rings. The van der Waals surface area contributed by atoms with Crippen LogP contribution in [0.15, 0.2) is 59.1 Å². The minimum absolute atomic E-state index is 0.211. The zero-order valence-corrected chi connectivity index (χ0v) is 19.6. The Labute approximate surface area is 197 Å². The normalized spacial score (nSPS) is 17.2. The number of benzene rings is 3. The molecule has 5 rings (SSSR count). The van der Waals surface area contributed by atoms with Crippen molar-refractivity contribution in [1.29, 1.82) is 0 Å². The van der Waals surface area contributed by atoms with Crippen molar-refractivity contribution in [3.05, 3.63) is 92.2 Å². The molecule has 6 nitrogen and oxygen atoms in total. The van der Waals surface area contributed by atoms with Crippen LogP contribution in [0, 0.1) is 5.82 Å². The zero-order chi connectivity index (χ0) is 22.6. The SMILES string of the molecule is O=C1NC(c2cc(F)ccc2Cl)c2c(NS(=O)(=O)N3CCc4ccccc43)cc(Br)cc21. The molecule has 2 heterocycles. The van der Waals surface area contributed by atoms with Gasteiger partial charge in [0.05, 0.1) is 17.4 Å². The fourth-order valence-corrected chi connectivity index (χ4v) is 6.21. The Morgan fingerprint density at radius 3 is 2.75 bits per heavy atom. The number of amides is 1. The van der Waals surface area contributed by atoms with Gasteiger partial charge in [-0.15, -0.1) is 0 Å². The van der Waals surface area contributed by atoms with E-state index in [2.05, 4.69) is 26.0 Å². The van der Waals surface area contributed by atoms with Gasteiger partial charge in [0.25, 0.3) is 5.91 Å². The number of anilines is 2. The molecule has 3 aromatic carbocycles. The number of hydrogen-bond donors (Lipinski definition) is 2. The van der Waals surface area contributed by atoms with Crippen molar-refractivity contribution in [2.45, 2.75) is 12.5 Å². The number of rotatable bonds is 4. The molecular weight excluding hydrogens is 521 g/mol. The van der Waals surface area contributed by atoms with Crippen LogP contribution in [0.3, 0.4) is 0 Å². The Morgan fingerprint density at radius 1 is 1.16 bits per heavy atom. The second-order valence-corrected chi connectivity index (χ2v) is 10.5. The lowest BCUT2D eigenvalue weighted by Gasteiger charge is -2.23. The average Bonchev–Trinajstić information content (AvgIpc) is 3.32. The van der Waals surface area contributed by atoms with Crippen LogP contribution < -0.4 is 14.3 Å². The van der Waals surface area contributed by atoms with Gasteiger partial charge in [-0.1, -0.05) is 45.7 Å². The highest BCUT2D eigenvalue weighted by molar-refractivity contribution is 9.10. The monoisotopic (exact) mass is 535 g/mol. The Kier molecular flexibility index (Phi) is 5.15. The molecule has 0 spiro atoms. The van der Waals surface area contributed by atoms with E-state index in [1.807, 2.05) is 12.1 Å².